The molecule has 0 aliphatic carbocycles. The number of rotatable bonds is 2. The summed E-state index contributed by atoms with van der Waals surface area (Å²) in [4.78, 5) is 11.3. The number of benzene rings is 1. The van der Waals surface area contributed by atoms with Crippen molar-refractivity contribution in [2.24, 2.45) is 0 Å². The highest BCUT2D eigenvalue weighted by Gasteiger charge is 2.06. The van der Waals surface area contributed by atoms with E-state index in [2.05, 4.69) is 16.6 Å². The van der Waals surface area contributed by atoms with E-state index >= 15 is 0 Å². The molecule has 1 rings (SSSR count). The number of aliphatic hydroxyl groups excluding tert-OH is 1. The van der Waals surface area contributed by atoms with Crippen molar-refractivity contribution in [1.29, 1.82) is 0 Å². The summed E-state index contributed by atoms with van der Waals surface area (Å²) in [6, 6.07) is 5.24. The largest absolute Gasteiger partial charge is 0.465 e. The summed E-state index contributed by atoms with van der Waals surface area (Å²) < 4.78 is 4.63. The van der Waals surface area contributed by atoms with Gasteiger partial charge in [0.15, 0.2) is 0 Å². The molecule has 0 radical (unpaired) electrons. The van der Waals surface area contributed by atoms with Crippen molar-refractivity contribution >= 4 is 5.97 Å². The van der Waals surface area contributed by atoms with Gasteiger partial charge in [0.2, 0.25) is 0 Å². The van der Waals surface area contributed by atoms with Gasteiger partial charge in [0.25, 0.3) is 0 Å². The first kappa shape index (κ1) is 12.3. The summed E-state index contributed by atoms with van der Waals surface area (Å²) >= 11 is 0. The van der Waals surface area contributed by atoms with Crippen LogP contribution in [0.15, 0.2) is 18.2 Å². The molecule has 1 aromatic carbocycles. The number of hydrogen-bond acceptors (Lipinski definition) is 3. The topological polar surface area (TPSA) is 46.5 Å². The fourth-order valence-electron chi connectivity index (χ4n) is 1.22. The number of aliphatic hydroxyl groups is 1. The molecule has 3 heteroatoms. The minimum absolute atomic E-state index is 0.0444. The van der Waals surface area contributed by atoms with Gasteiger partial charge in [-0.25, -0.2) is 4.79 Å². The van der Waals surface area contributed by atoms with Crippen molar-refractivity contribution in [2.75, 3.05) is 13.7 Å². The Morgan fingerprint density at radius 3 is 2.88 bits per heavy atom. The Labute approximate surface area is 95.1 Å². The van der Waals surface area contributed by atoms with Gasteiger partial charge in [0.05, 0.1) is 19.3 Å². The van der Waals surface area contributed by atoms with Crippen LogP contribution in [-0.4, -0.2) is 24.8 Å². The Morgan fingerprint density at radius 2 is 2.25 bits per heavy atom. The lowest BCUT2D eigenvalue weighted by Crippen LogP contribution is -2.01. The summed E-state index contributed by atoms with van der Waals surface area (Å²) in [5.74, 6) is 5.37. The van der Waals surface area contributed by atoms with Crippen LogP contribution >= 0.6 is 0 Å². The maximum absolute atomic E-state index is 11.3. The van der Waals surface area contributed by atoms with Crippen LogP contribution in [-0.2, 0) is 4.74 Å². The van der Waals surface area contributed by atoms with Crippen LogP contribution < -0.4 is 0 Å². The molecule has 0 aliphatic heterocycles. The van der Waals surface area contributed by atoms with E-state index in [0.29, 0.717) is 12.0 Å². The van der Waals surface area contributed by atoms with Gasteiger partial charge in [-0.1, -0.05) is 17.9 Å². The molecular formula is C13H14O3. The van der Waals surface area contributed by atoms with Crippen LogP contribution in [0.2, 0.25) is 0 Å². The Balaban J connectivity index is 3.01. The number of ether oxygens (including phenoxy) is 1. The van der Waals surface area contributed by atoms with E-state index in [1.54, 1.807) is 12.1 Å². The third-order valence-corrected chi connectivity index (χ3v) is 2.12. The lowest BCUT2D eigenvalue weighted by atomic mass is 10.1. The number of aryl methyl sites for hydroxylation is 1. The van der Waals surface area contributed by atoms with Crippen molar-refractivity contribution in [2.45, 2.75) is 13.3 Å². The third kappa shape index (κ3) is 3.11. The summed E-state index contributed by atoms with van der Waals surface area (Å²) in [6.07, 6.45) is 0.432. The van der Waals surface area contributed by atoms with E-state index in [1.165, 1.54) is 7.11 Å². The van der Waals surface area contributed by atoms with Gasteiger partial charge >= 0.3 is 5.97 Å². The van der Waals surface area contributed by atoms with Gasteiger partial charge in [-0.2, -0.15) is 0 Å². The molecule has 0 aromatic heterocycles. The monoisotopic (exact) mass is 218 g/mol. The summed E-state index contributed by atoms with van der Waals surface area (Å²) in [6.45, 7) is 1.97. The van der Waals surface area contributed by atoms with Gasteiger partial charge in [0, 0.05) is 12.0 Å². The van der Waals surface area contributed by atoms with E-state index in [9.17, 15) is 4.79 Å². The van der Waals surface area contributed by atoms with Crippen LogP contribution in [0.5, 0.6) is 0 Å². The highest BCUT2D eigenvalue weighted by atomic mass is 16.5. The van der Waals surface area contributed by atoms with Gasteiger partial charge in [-0.3, -0.25) is 0 Å². The van der Waals surface area contributed by atoms with E-state index in [-0.39, 0.29) is 12.6 Å². The van der Waals surface area contributed by atoms with Gasteiger partial charge in [0.1, 0.15) is 0 Å². The highest BCUT2D eigenvalue weighted by Crippen LogP contribution is 2.11. The molecule has 0 saturated carbocycles. The molecule has 0 bridgehead atoms. The fraction of sp³-hybridized carbons (Fsp3) is 0.308. The summed E-state index contributed by atoms with van der Waals surface area (Å²) in [5, 5.41) is 8.62. The number of esters is 1. The number of methoxy groups -OCH3 is 1. The highest BCUT2D eigenvalue weighted by molar-refractivity contribution is 5.89. The molecule has 0 saturated heterocycles. The van der Waals surface area contributed by atoms with Crippen molar-refractivity contribution in [3.63, 3.8) is 0 Å². The van der Waals surface area contributed by atoms with E-state index in [0.717, 1.165) is 11.1 Å². The zero-order chi connectivity index (χ0) is 12.0. The SMILES string of the molecule is COC(=O)c1ccc(C)c(C#CCCO)c1. The first-order valence-corrected chi connectivity index (χ1v) is 4.97. The van der Waals surface area contributed by atoms with Crippen molar-refractivity contribution in [3.8, 4) is 11.8 Å². The molecule has 0 heterocycles. The standard InChI is InChI=1S/C13H14O3/c1-10-6-7-12(13(15)16-2)9-11(10)5-3-4-8-14/h6-7,9,14H,4,8H2,1-2H3. The van der Waals surface area contributed by atoms with Gasteiger partial charge < -0.3 is 9.84 Å². The second-order valence-electron chi connectivity index (χ2n) is 3.30. The minimum Gasteiger partial charge on any atom is -0.465 e. The first-order valence-electron chi connectivity index (χ1n) is 4.97. The zero-order valence-corrected chi connectivity index (χ0v) is 9.41. The van der Waals surface area contributed by atoms with E-state index in [4.69, 9.17) is 5.11 Å². The van der Waals surface area contributed by atoms with E-state index in [1.807, 2.05) is 13.0 Å². The summed E-state index contributed by atoms with van der Waals surface area (Å²) in [7, 11) is 1.35. The molecule has 1 aromatic rings. The fourth-order valence-corrected chi connectivity index (χ4v) is 1.22. The van der Waals surface area contributed by atoms with Crippen LogP contribution in [0, 0.1) is 18.8 Å². The molecule has 0 amide bonds. The predicted molar refractivity (Wildman–Crippen MR) is 61.1 cm³/mol. The second-order valence-corrected chi connectivity index (χ2v) is 3.30. The molecule has 0 unspecified atom stereocenters. The van der Waals surface area contributed by atoms with Crippen LogP contribution in [0.4, 0.5) is 0 Å². The zero-order valence-electron chi connectivity index (χ0n) is 9.41. The molecule has 0 aliphatic rings. The molecule has 3 nitrogen and oxygen atoms in total. The Hall–Kier alpha value is -1.79. The maximum atomic E-state index is 11.3. The van der Waals surface area contributed by atoms with Crippen LogP contribution in [0.3, 0.4) is 0 Å². The quantitative estimate of drug-likeness (QED) is 0.604. The van der Waals surface area contributed by atoms with Crippen molar-refractivity contribution < 1.29 is 14.6 Å². The van der Waals surface area contributed by atoms with Gasteiger partial charge in [-0.05, 0) is 24.6 Å². The number of carbonyl (C=O) groups is 1. The average Bonchev–Trinajstić information content (AvgIpc) is 2.31. The molecule has 84 valence electrons. The average molecular weight is 218 g/mol. The van der Waals surface area contributed by atoms with Crippen molar-refractivity contribution in [3.05, 3.63) is 34.9 Å². The molecule has 16 heavy (non-hydrogen) atoms. The van der Waals surface area contributed by atoms with Gasteiger partial charge in [-0.15, -0.1) is 0 Å². The molecule has 0 fully saturated rings. The Bertz CT molecular complexity index is 438. The smallest absolute Gasteiger partial charge is 0.337 e. The number of hydrogen-bond donors (Lipinski definition) is 1. The minimum atomic E-state index is -0.370. The lowest BCUT2D eigenvalue weighted by molar-refractivity contribution is 0.0600. The Kier molecular flexibility index (Phi) is 4.56. The van der Waals surface area contributed by atoms with Crippen LogP contribution in [0.25, 0.3) is 0 Å². The van der Waals surface area contributed by atoms with E-state index < -0.39 is 0 Å². The third-order valence-electron chi connectivity index (χ3n) is 2.12. The number of carbonyl (C=O) groups excluding carboxylic acids is 1. The molecule has 1 N–H and O–H groups in total. The summed E-state index contributed by atoms with van der Waals surface area (Å²) in [5.41, 5.74) is 2.27. The normalized spacial score (nSPS) is 9.19. The Morgan fingerprint density at radius 1 is 1.50 bits per heavy atom. The predicted octanol–water partition coefficient (Wildman–Crippen LogP) is 1.52. The second kappa shape index (κ2) is 5.94. The van der Waals surface area contributed by atoms with Crippen molar-refractivity contribution in [1.82, 2.24) is 0 Å². The maximum Gasteiger partial charge on any atom is 0.337 e. The molecule has 0 atom stereocenters. The lowest BCUT2D eigenvalue weighted by Gasteiger charge is -2.02. The first-order chi connectivity index (χ1) is 7.69. The molecule has 0 spiro atoms. The van der Waals surface area contributed by atoms with Crippen LogP contribution in [0.1, 0.15) is 27.9 Å². The molecular weight excluding hydrogens is 204 g/mol.